The van der Waals surface area contributed by atoms with Crippen LogP contribution >= 0.6 is 0 Å². The third-order valence-electron chi connectivity index (χ3n) is 6.39. The summed E-state index contributed by atoms with van der Waals surface area (Å²) in [6, 6.07) is 18.4. The molecule has 0 radical (unpaired) electrons. The number of para-hydroxylation sites is 1. The van der Waals surface area contributed by atoms with Gasteiger partial charge in [-0.3, -0.25) is 9.59 Å². The van der Waals surface area contributed by atoms with Gasteiger partial charge in [-0.15, -0.1) is 0 Å². The molecule has 6 nitrogen and oxygen atoms in total. The first-order chi connectivity index (χ1) is 15.3. The summed E-state index contributed by atoms with van der Waals surface area (Å²) in [4.78, 5) is 24.6. The van der Waals surface area contributed by atoms with Gasteiger partial charge in [-0.2, -0.15) is 5.26 Å². The van der Waals surface area contributed by atoms with Crippen LogP contribution in [0.2, 0.25) is 0 Å². The predicted octanol–water partition coefficient (Wildman–Crippen LogP) is 4.97. The molecule has 1 N–H and O–H groups in total. The highest BCUT2D eigenvalue weighted by atomic mass is 16.5. The number of hydrogen-bond acceptors (Lipinski definition) is 5. The Labute approximate surface area is 188 Å². The van der Waals surface area contributed by atoms with Crippen LogP contribution in [0.1, 0.15) is 31.7 Å². The van der Waals surface area contributed by atoms with Crippen LogP contribution in [0, 0.1) is 28.1 Å². The van der Waals surface area contributed by atoms with Gasteiger partial charge in [-0.1, -0.05) is 50.3 Å². The van der Waals surface area contributed by atoms with Gasteiger partial charge < -0.3 is 14.6 Å². The molecular formula is C26H27NO5. The van der Waals surface area contributed by atoms with Crippen molar-refractivity contribution in [3.63, 3.8) is 0 Å². The lowest BCUT2D eigenvalue weighted by Gasteiger charge is -2.22. The largest absolute Gasteiger partial charge is 0.481 e. The maximum atomic E-state index is 12.6. The monoisotopic (exact) mass is 433 g/mol. The molecule has 1 unspecified atom stereocenters. The molecule has 0 aromatic heterocycles. The van der Waals surface area contributed by atoms with Gasteiger partial charge in [0.05, 0.1) is 18.6 Å². The standard InChI is InChI=1S/C26H27NO5/c1-25(2)23(13-12-19(28)14-15-31-3)26(25,24(29)30)22(17-27)18-8-7-11-21(16-18)32-20-9-5-4-6-10-20/h4-13,16,22-23H,14-15H2,1-3H3,(H,29,30)/t22?,23-,26+/m0/s1. The first-order valence-corrected chi connectivity index (χ1v) is 10.4. The topological polar surface area (TPSA) is 96.6 Å². The molecule has 0 amide bonds. The molecule has 1 aliphatic carbocycles. The Hall–Kier alpha value is -3.43. The number of carboxylic acid groups (broad SMARTS) is 1. The molecule has 0 heterocycles. The zero-order chi connectivity index (χ0) is 23.4. The first kappa shape index (κ1) is 23.2. The fourth-order valence-electron chi connectivity index (χ4n) is 4.62. The van der Waals surface area contributed by atoms with E-state index >= 15 is 0 Å². The van der Waals surface area contributed by atoms with Crippen molar-refractivity contribution in [1.29, 1.82) is 5.26 Å². The molecule has 0 bridgehead atoms. The van der Waals surface area contributed by atoms with Gasteiger partial charge in [-0.05, 0) is 41.3 Å². The lowest BCUT2D eigenvalue weighted by Crippen LogP contribution is -2.28. The summed E-state index contributed by atoms with van der Waals surface area (Å²) in [6.07, 6.45) is 3.28. The van der Waals surface area contributed by atoms with Gasteiger partial charge in [0.25, 0.3) is 0 Å². The van der Waals surface area contributed by atoms with Gasteiger partial charge in [0.15, 0.2) is 5.78 Å². The smallest absolute Gasteiger partial charge is 0.312 e. The van der Waals surface area contributed by atoms with Crippen molar-refractivity contribution in [3.05, 3.63) is 72.3 Å². The van der Waals surface area contributed by atoms with Crippen LogP contribution in [0.3, 0.4) is 0 Å². The summed E-state index contributed by atoms with van der Waals surface area (Å²) in [7, 11) is 1.52. The van der Waals surface area contributed by atoms with E-state index in [1.807, 2.05) is 44.2 Å². The summed E-state index contributed by atoms with van der Waals surface area (Å²) < 4.78 is 10.8. The van der Waals surface area contributed by atoms with Crippen LogP contribution in [-0.2, 0) is 14.3 Å². The minimum absolute atomic E-state index is 0.138. The number of carboxylic acids is 1. The Bertz CT molecular complexity index is 1050. The fraction of sp³-hybridized carbons (Fsp3) is 0.346. The highest BCUT2D eigenvalue weighted by Gasteiger charge is 2.78. The highest BCUT2D eigenvalue weighted by Crippen LogP contribution is 2.75. The van der Waals surface area contributed by atoms with E-state index in [2.05, 4.69) is 6.07 Å². The Balaban J connectivity index is 1.92. The normalized spacial score (nSPS) is 22.1. The molecule has 1 saturated carbocycles. The lowest BCUT2D eigenvalue weighted by molar-refractivity contribution is -0.145. The van der Waals surface area contributed by atoms with Gasteiger partial charge in [-0.25, -0.2) is 0 Å². The average Bonchev–Trinajstić information content (AvgIpc) is 3.27. The molecule has 0 saturated heterocycles. The summed E-state index contributed by atoms with van der Waals surface area (Å²) in [6.45, 7) is 3.95. The number of rotatable bonds is 10. The molecule has 1 fully saturated rings. The molecule has 32 heavy (non-hydrogen) atoms. The van der Waals surface area contributed by atoms with Crippen LogP contribution in [0.25, 0.3) is 0 Å². The molecule has 6 heteroatoms. The molecule has 1 aliphatic rings. The molecule has 3 atom stereocenters. The van der Waals surface area contributed by atoms with Crippen molar-refractivity contribution < 1.29 is 24.2 Å². The van der Waals surface area contributed by atoms with Crippen molar-refractivity contribution in [2.75, 3.05) is 13.7 Å². The first-order valence-electron chi connectivity index (χ1n) is 10.4. The van der Waals surface area contributed by atoms with Gasteiger partial charge in [0, 0.05) is 19.4 Å². The fourth-order valence-corrected chi connectivity index (χ4v) is 4.62. The second-order valence-corrected chi connectivity index (χ2v) is 8.49. The number of allylic oxidation sites excluding steroid dienone is 2. The van der Waals surface area contributed by atoms with Crippen LogP contribution in [-0.4, -0.2) is 30.6 Å². The number of ketones is 1. The molecule has 3 rings (SSSR count). The highest BCUT2D eigenvalue weighted by molar-refractivity contribution is 5.90. The minimum atomic E-state index is -1.36. The van der Waals surface area contributed by atoms with E-state index in [-0.39, 0.29) is 12.2 Å². The molecule has 2 aromatic carbocycles. The quantitative estimate of drug-likeness (QED) is 0.531. The molecular weight excluding hydrogens is 406 g/mol. The second kappa shape index (κ2) is 9.37. The van der Waals surface area contributed by atoms with Crippen LogP contribution in [0.4, 0.5) is 0 Å². The van der Waals surface area contributed by atoms with E-state index in [0.717, 1.165) is 0 Å². The van der Waals surface area contributed by atoms with Crippen molar-refractivity contribution in [2.24, 2.45) is 16.7 Å². The summed E-state index contributed by atoms with van der Waals surface area (Å²) in [5.74, 6) is -1.41. The van der Waals surface area contributed by atoms with Crippen LogP contribution in [0.15, 0.2) is 66.7 Å². The van der Waals surface area contributed by atoms with Crippen LogP contribution < -0.4 is 4.74 Å². The number of hydrogen-bond donors (Lipinski definition) is 1. The van der Waals surface area contributed by atoms with Crippen molar-refractivity contribution in [2.45, 2.75) is 26.2 Å². The third kappa shape index (κ3) is 4.17. The Morgan fingerprint density at radius 3 is 2.47 bits per heavy atom. The van der Waals surface area contributed by atoms with E-state index < -0.39 is 28.6 Å². The zero-order valence-corrected chi connectivity index (χ0v) is 18.4. The maximum Gasteiger partial charge on any atom is 0.312 e. The summed E-state index contributed by atoms with van der Waals surface area (Å²) in [5, 5.41) is 20.3. The van der Waals surface area contributed by atoms with Crippen LogP contribution in [0.5, 0.6) is 11.5 Å². The number of aliphatic carboxylic acids is 1. The number of nitriles is 1. The summed E-state index contributed by atoms with van der Waals surface area (Å²) >= 11 is 0. The molecule has 0 aliphatic heterocycles. The maximum absolute atomic E-state index is 12.6. The molecule has 2 aromatic rings. The van der Waals surface area contributed by atoms with E-state index in [1.165, 1.54) is 13.2 Å². The number of carbonyl (C=O) groups is 2. The zero-order valence-electron chi connectivity index (χ0n) is 18.4. The van der Waals surface area contributed by atoms with Gasteiger partial charge in [0.1, 0.15) is 16.9 Å². The molecule has 166 valence electrons. The SMILES string of the molecule is COCCC(=O)C=C[C@H]1C(C)(C)[C@]1(C(=O)O)C(C#N)c1cccc(Oc2ccccc2)c1. The molecule has 0 spiro atoms. The van der Waals surface area contributed by atoms with E-state index in [9.17, 15) is 20.0 Å². The van der Waals surface area contributed by atoms with E-state index in [1.54, 1.807) is 30.3 Å². The number of carbonyl (C=O) groups excluding carboxylic acids is 1. The lowest BCUT2D eigenvalue weighted by atomic mass is 9.78. The third-order valence-corrected chi connectivity index (χ3v) is 6.39. The van der Waals surface area contributed by atoms with Gasteiger partial charge in [0.2, 0.25) is 0 Å². The average molecular weight is 434 g/mol. The predicted molar refractivity (Wildman–Crippen MR) is 119 cm³/mol. The summed E-state index contributed by atoms with van der Waals surface area (Å²) in [5.41, 5.74) is -1.50. The van der Waals surface area contributed by atoms with E-state index in [0.29, 0.717) is 23.7 Å². The second-order valence-electron chi connectivity index (χ2n) is 8.49. The van der Waals surface area contributed by atoms with E-state index in [4.69, 9.17) is 9.47 Å². The number of methoxy groups -OCH3 is 1. The van der Waals surface area contributed by atoms with Crippen molar-refractivity contribution in [3.8, 4) is 17.6 Å². The van der Waals surface area contributed by atoms with Gasteiger partial charge >= 0.3 is 5.97 Å². The number of benzene rings is 2. The Morgan fingerprint density at radius 2 is 1.84 bits per heavy atom. The Kier molecular flexibility index (Phi) is 6.81. The number of ether oxygens (including phenoxy) is 2. The van der Waals surface area contributed by atoms with Crippen molar-refractivity contribution >= 4 is 11.8 Å². The van der Waals surface area contributed by atoms with Crippen molar-refractivity contribution in [1.82, 2.24) is 0 Å². The number of nitrogens with zero attached hydrogens (tertiary/aromatic N) is 1. The minimum Gasteiger partial charge on any atom is -0.481 e. The Morgan fingerprint density at radius 1 is 1.16 bits per heavy atom.